The summed E-state index contributed by atoms with van der Waals surface area (Å²) >= 11 is 3.58. The van der Waals surface area contributed by atoms with E-state index in [4.69, 9.17) is 4.98 Å². The van der Waals surface area contributed by atoms with Crippen LogP contribution in [0.5, 0.6) is 0 Å². The van der Waals surface area contributed by atoms with Gasteiger partial charge in [0.05, 0.1) is 5.69 Å². The van der Waals surface area contributed by atoms with Crippen LogP contribution in [0.3, 0.4) is 0 Å². The quantitative estimate of drug-likeness (QED) is 0.862. The molecule has 23 heavy (non-hydrogen) atoms. The van der Waals surface area contributed by atoms with Gasteiger partial charge in [0, 0.05) is 30.2 Å². The number of halogens is 1. The highest BCUT2D eigenvalue weighted by Gasteiger charge is 2.19. The second kappa shape index (κ2) is 6.87. The van der Waals surface area contributed by atoms with Gasteiger partial charge in [-0.3, -0.25) is 0 Å². The van der Waals surface area contributed by atoms with E-state index < -0.39 is 0 Å². The van der Waals surface area contributed by atoms with Crippen molar-refractivity contribution in [3.63, 3.8) is 0 Å². The van der Waals surface area contributed by atoms with E-state index in [1.807, 2.05) is 0 Å². The zero-order chi connectivity index (χ0) is 16.4. The molecule has 0 saturated heterocycles. The summed E-state index contributed by atoms with van der Waals surface area (Å²) in [6.07, 6.45) is 1.06. The van der Waals surface area contributed by atoms with Crippen molar-refractivity contribution in [1.82, 2.24) is 9.97 Å². The smallest absolute Gasteiger partial charge is 0.224 e. The summed E-state index contributed by atoms with van der Waals surface area (Å²) < 4.78 is 1.14. The fourth-order valence-electron chi connectivity index (χ4n) is 2.87. The van der Waals surface area contributed by atoms with Crippen LogP contribution >= 0.6 is 15.9 Å². The van der Waals surface area contributed by atoms with Crippen molar-refractivity contribution >= 4 is 27.7 Å². The fraction of sp³-hybridized carbons (Fsp3) is 0.444. The number of anilines is 2. The second-order valence-electron chi connectivity index (χ2n) is 6.24. The number of benzene rings is 1. The first-order valence-electron chi connectivity index (χ1n) is 8.22. The van der Waals surface area contributed by atoms with Crippen molar-refractivity contribution in [2.45, 2.75) is 39.7 Å². The number of hydrogen-bond donors (Lipinski definition) is 1. The van der Waals surface area contributed by atoms with Crippen LogP contribution in [0.15, 0.2) is 28.7 Å². The Kier molecular flexibility index (Phi) is 4.85. The Balaban J connectivity index is 1.92. The van der Waals surface area contributed by atoms with E-state index in [2.05, 4.69) is 76.2 Å². The van der Waals surface area contributed by atoms with Crippen LogP contribution in [-0.2, 0) is 13.0 Å². The van der Waals surface area contributed by atoms with Crippen molar-refractivity contribution in [2.75, 3.05) is 23.3 Å². The monoisotopic (exact) mass is 374 g/mol. The molecular formula is C18H23BrN4. The Hall–Kier alpha value is -1.62. The Morgan fingerprint density at radius 2 is 2.04 bits per heavy atom. The minimum atomic E-state index is 0.389. The molecule has 1 aromatic carbocycles. The first kappa shape index (κ1) is 16.2. The molecule has 4 nitrogen and oxygen atoms in total. The van der Waals surface area contributed by atoms with Gasteiger partial charge in [-0.05, 0) is 42.5 Å². The molecule has 0 bridgehead atoms. The number of aromatic nitrogens is 2. The lowest BCUT2D eigenvalue weighted by atomic mass is 10.00. The summed E-state index contributed by atoms with van der Waals surface area (Å²) in [5, 5.41) is 3.25. The number of nitrogens with zero attached hydrogens (tertiary/aromatic N) is 3. The molecule has 2 heterocycles. The summed E-state index contributed by atoms with van der Waals surface area (Å²) in [5.41, 5.74) is 3.90. The molecule has 0 atom stereocenters. The topological polar surface area (TPSA) is 41.1 Å². The van der Waals surface area contributed by atoms with E-state index in [1.165, 1.54) is 11.1 Å². The molecule has 2 aromatic rings. The second-order valence-corrected chi connectivity index (χ2v) is 7.16. The van der Waals surface area contributed by atoms with E-state index >= 15 is 0 Å². The van der Waals surface area contributed by atoms with Crippen molar-refractivity contribution in [2.24, 2.45) is 0 Å². The van der Waals surface area contributed by atoms with Crippen LogP contribution in [-0.4, -0.2) is 23.1 Å². The summed E-state index contributed by atoms with van der Waals surface area (Å²) in [5.74, 6) is 2.14. The molecule has 0 fully saturated rings. The Bertz CT molecular complexity index is 699. The third-order valence-electron chi connectivity index (χ3n) is 4.16. The van der Waals surface area contributed by atoms with Gasteiger partial charge in [0.2, 0.25) is 5.95 Å². The molecule has 5 heteroatoms. The molecule has 122 valence electrons. The first-order valence-corrected chi connectivity index (χ1v) is 9.01. The van der Waals surface area contributed by atoms with Crippen molar-refractivity contribution in [3.05, 3.63) is 45.6 Å². The van der Waals surface area contributed by atoms with E-state index in [9.17, 15) is 0 Å². The molecule has 0 amide bonds. The maximum Gasteiger partial charge on any atom is 0.224 e. The Labute approximate surface area is 146 Å². The van der Waals surface area contributed by atoms with Gasteiger partial charge >= 0.3 is 0 Å². The highest BCUT2D eigenvalue weighted by atomic mass is 79.9. The predicted molar refractivity (Wildman–Crippen MR) is 99.2 cm³/mol. The zero-order valence-electron chi connectivity index (χ0n) is 13.9. The van der Waals surface area contributed by atoms with E-state index in [1.54, 1.807) is 0 Å². The molecule has 0 radical (unpaired) electrons. The third kappa shape index (κ3) is 3.66. The van der Waals surface area contributed by atoms with Gasteiger partial charge in [0.15, 0.2) is 0 Å². The third-order valence-corrected chi connectivity index (χ3v) is 4.66. The van der Waals surface area contributed by atoms with Crippen LogP contribution in [0.2, 0.25) is 0 Å². The van der Waals surface area contributed by atoms with Crippen LogP contribution < -0.4 is 10.2 Å². The maximum atomic E-state index is 4.72. The molecule has 1 aromatic heterocycles. The lowest BCUT2D eigenvalue weighted by molar-refractivity contribution is 0.713. The fourth-order valence-corrected chi connectivity index (χ4v) is 3.28. The highest BCUT2D eigenvalue weighted by molar-refractivity contribution is 9.10. The molecule has 0 saturated carbocycles. The summed E-state index contributed by atoms with van der Waals surface area (Å²) in [6.45, 7) is 9.13. The molecule has 0 spiro atoms. The van der Waals surface area contributed by atoms with Crippen LogP contribution in [0.1, 0.15) is 43.5 Å². The lowest BCUT2D eigenvalue weighted by Gasteiger charge is -2.30. The predicted octanol–water partition coefficient (Wildman–Crippen LogP) is 4.36. The molecule has 1 aliphatic rings. The van der Waals surface area contributed by atoms with Gasteiger partial charge in [-0.25, -0.2) is 4.98 Å². The minimum absolute atomic E-state index is 0.389. The normalized spacial score (nSPS) is 14.0. The average Bonchev–Trinajstić information content (AvgIpc) is 2.54. The van der Waals surface area contributed by atoms with E-state index in [0.717, 1.165) is 48.0 Å². The Morgan fingerprint density at radius 1 is 1.22 bits per heavy atom. The molecule has 3 rings (SSSR count). The van der Waals surface area contributed by atoms with Gasteiger partial charge < -0.3 is 10.2 Å². The zero-order valence-corrected chi connectivity index (χ0v) is 15.5. The molecule has 1 aliphatic heterocycles. The SMILES string of the molecule is CCNc1nc(C(C)C)cc(N2CCc3ccc(Br)cc3C2)n1. The first-order chi connectivity index (χ1) is 11.1. The standard InChI is InChI=1S/C18H23BrN4/c1-4-20-18-21-16(12(2)3)10-17(22-18)23-8-7-13-5-6-15(19)9-14(13)11-23/h5-6,9-10,12H,4,7-8,11H2,1-3H3,(H,20,21,22). The maximum absolute atomic E-state index is 4.72. The van der Waals surface area contributed by atoms with Crippen molar-refractivity contribution in [1.29, 1.82) is 0 Å². The summed E-state index contributed by atoms with van der Waals surface area (Å²) in [6, 6.07) is 8.70. The molecule has 0 unspecified atom stereocenters. The van der Waals surface area contributed by atoms with Crippen molar-refractivity contribution in [3.8, 4) is 0 Å². The van der Waals surface area contributed by atoms with Gasteiger partial charge in [-0.15, -0.1) is 0 Å². The minimum Gasteiger partial charge on any atom is -0.354 e. The Morgan fingerprint density at radius 3 is 2.78 bits per heavy atom. The lowest BCUT2D eigenvalue weighted by Crippen LogP contribution is -2.31. The molecular weight excluding hydrogens is 352 g/mol. The van der Waals surface area contributed by atoms with Crippen LogP contribution in [0, 0.1) is 0 Å². The van der Waals surface area contributed by atoms with Gasteiger partial charge in [-0.1, -0.05) is 35.8 Å². The summed E-state index contributed by atoms with van der Waals surface area (Å²) in [4.78, 5) is 11.7. The van der Waals surface area contributed by atoms with E-state index in [0.29, 0.717) is 5.92 Å². The number of fused-ring (bicyclic) bond motifs is 1. The van der Waals surface area contributed by atoms with Crippen molar-refractivity contribution < 1.29 is 0 Å². The summed E-state index contributed by atoms with van der Waals surface area (Å²) in [7, 11) is 0. The number of hydrogen-bond acceptors (Lipinski definition) is 4. The van der Waals surface area contributed by atoms with E-state index in [-0.39, 0.29) is 0 Å². The molecule has 0 aliphatic carbocycles. The number of nitrogens with one attached hydrogen (secondary N) is 1. The van der Waals surface area contributed by atoms with Gasteiger partial charge in [-0.2, -0.15) is 4.98 Å². The largest absolute Gasteiger partial charge is 0.354 e. The average molecular weight is 375 g/mol. The van der Waals surface area contributed by atoms with Gasteiger partial charge in [0.25, 0.3) is 0 Å². The van der Waals surface area contributed by atoms with Crippen LogP contribution in [0.4, 0.5) is 11.8 Å². The highest BCUT2D eigenvalue weighted by Crippen LogP contribution is 2.27. The van der Waals surface area contributed by atoms with Gasteiger partial charge in [0.1, 0.15) is 5.82 Å². The van der Waals surface area contributed by atoms with Crippen LogP contribution in [0.25, 0.3) is 0 Å². The molecule has 1 N–H and O–H groups in total. The number of rotatable bonds is 4.